The van der Waals surface area contributed by atoms with E-state index < -0.39 is 0 Å². The topological polar surface area (TPSA) is 79.9 Å². The first-order valence-electron chi connectivity index (χ1n) is 10.5. The molecule has 2 aromatic carbocycles. The highest BCUT2D eigenvalue weighted by molar-refractivity contribution is 7.13. The summed E-state index contributed by atoms with van der Waals surface area (Å²) in [6, 6.07) is 15.5. The third-order valence-electron chi connectivity index (χ3n) is 5.00. The zero-order chi connectivity index (χ0) is 21.8. The number of nitrogens with one attached hydrogen (secondary N) is 2. The van der Waals surface area contributed by atoms with Gasteiger partial charge in [0.05, 0.1) is 41.4 Å². The molecule has 1 atom stereocenters. The van der Waals surface area contributed by atoms with Crippen LogP contribution >= 0.6 is 11.3 Å². The van der Waals surface area contributed by atoms with Crippen LogP contribution in [-0.4, -0.2) is 27.5 Å². The first-order chi connectivity index (χ1) is 15.0. The van der Waals surface area contributed by atoms with Crippen molar-refractivity contribution in [2.24, 2.45) is 5.92 Å². The average Bonchev–Trinajstić information content (AvgIpc) is 3.39. The number of benzene rings is 2. The Balaban J connectivity index is 1.48. The van der Waals surface area contributed by atoms with Crippen LogP contribution in [0.3, 0.4) is 0 Å². The van der Waals surface area contributed by atoms with Crippen LogP contribution in [0, 0.1) is 5.92 Å². The number of thiazole rings is 1. The number of para-hydroxylation sites is 3. The molecule has 0 saturated carbocycles. The van der Waals surface area contributed by atoms with Gasteiger partial charge < -0.3 is 15.0 Å². The van der Waals surface area contributed by atoms with Gasteiger partial charge >= 0.3 is 0 Å². The minimum atomic E-state index is -0.198. The third-order valence-corrected chi connectivity index (χ3v) is 5.92. The van der Waals surface area contributed by atoms with E-state index in [2.05, 4.69) is 34.1 Å². The van der Waals surface area contributed by atoms with Crippen LogP contribution in [0.25, 0.3) is 21.6 Å². The number of amides is 1. The molecule has 1 amide bonds. The molecular formula is C24H26N4O2S. The van der Waals surface area contributed by atoms with Gasteiger partial charge in [0.1, 0.15) is 16.6 Å². The first kappa shape index (κ1) is 21.1. The van der Waals surface area contributed by atoms with Crippen LogP contribution in [0.15, 0.2) is 53.9 Å². The number of fused-ring (bicyclic) bond motifs is 1. The largest absolute Gasteiger partial charge is 0.493 e. The Labute approximate surface area is 185 Å². The molecule has 0 aliphatic carbocycles. The maximum atomic E-state index is 12.8. The lowest BCUT2D eigenvalue weighted by molar-refractivity contribution is -0.121. The van der Waals surface area contributed by atoms with Gasteiger partial charge in [-0.05, 0) is 37.1 Å². The lowest BCUT2D eigenvalue weighted by Crippen LogP contribution is -2.33. The van der Waals surface area contributed by atoms with Crippen molar-refractivity contribution in [3.63, 3.8) is 0 Å². The number of imidazole rings is 1. The summed E-state index contributed by atoms with van der Waals surface area (Å²) in [5.41, 5.74) is 3.56. The minimum absolute atomic E-state index is 0.0749. The van der Waals surface area contributed by atoms with E-state index in [1.54, 1.807) is 0 Å². The smallest absolute Gasteiger partial charge is 0.226 e. The van der Waals surface area contributed by atoms with Crippen LogP contribution in [0.1, 0.15) is 38.3 Å². The van der Waals surface area contributed by atoms with E-state index in [9.17, 15) is 4.79 Å². The van der Waals surface area contributed by atoms with Crippen LogP contribution in [-0.2, 0) is 11.2 Å². The van der Waals surface area contributed by atoms with Crippen LogP contribution in [0.4, 0.5) is 0 Å². The van der Waals surface area contributed by atoms with Crippen LogP contribution < -0.4 is 10.1 Å². The van der Waals surface area contributed by atoms with Crippen molar-refractivity contribution in [1.29, 1.82) is 0 Å². The number of hydrogen-bond donors (Lipinski definition) is 2. The van der Waals surface area contributed by atoms with E-state index in [1.807, 2.05) is 60.8 Å². The number of rotatable bonds is 8. The summed E-state index contributed by atoms with van der Waals surface area (Å²) in [6.45, 7) is 6.70. The molecule has 2 N–H and O–H groups in total. The summed E-state index contributed by atoms with van der Waals surface area (Å²) >= 11 is 1.52. The molecule has 2 heterocycles. The standard InChI is InChI=1S/C24H26N4O2S/c1-4-30-20-12-8-5-9-17(20)24-25-16(14-31-24)13-21(29)28-22(15(2)3)23-26-18-10-6-7-11-19(18)27-23/h5-12,14-15,22H,4,13H2,1-3H3,(H,26,27)(H,28,29). The van der Waals surface area contributed by atoms with Gasteiger partial charge in [0, 0.05) is 5.38 Å². The summed E-state index contributed by atoms with van der Waals surface area (Å²) < 4.78 is 5.71. The lowest BCUT2D eigenvalue weighted by atomic mass is 10.0. The molecule has 4 rings (SSSR count). The molecule has 0 saturated heterocycles. The van der Waals surface area contributed by atoms with Crippen molar-refractivity contribution < 1.29 is 9.53 Å². The van der Waals surface area contributed by atoms with Gasteiger partial charge in [0.25, 0.3) is 0 Å². The van der Waals surface area contributed by atoms with Crippen molar-refractivity contribution in [2.75, 3.05) is 6.61 Å². The lowest BCUT2D eigenvalue weighted by Gasteiger charge is -2.20. The van der Waals surface area contributed by atoms with E-state index in [1.165, 1.54) is 11.3 Å². The van der Waals surface area contributed by atoms with Gasteiger partial charge in [-0.2, -0.15) is 0 Å². The predicted molar refractivity (Wildman–Crippen MR) is 124 cm³/mol. The fourth-order valence-corrected chi connectivity index (χ4v) is 4.35. The molecule has 4 aromatic rings. The Kier molecular flexibility index (Phi) is 6.32. The molecule has 0 aliphatic heterocycles. The van der Waals surface area contributed by atoms with Gasteiger partial charge in [-0.25, -0.2) is 9.97 Å². The van der Waals surface area contributed by atoms with Gasteiger partial charge in [-0.3, -0.25) is 4.79 Å². The van der Waals surface area contributed by atoms with E-state index >= 15 is 0 Å². The predicted octanol–water partition coefficient (Wildman–Crippen LogP) is 5.14. The van der Waals surface area contributed by atoms with Crippen molar-refractivity contribution in [3.05, 3.63) is 65.4 Å². The molecule has 0 aliphatic rings. The van der Waals surface area contributed by atoms with Crippen molar-refractivity contribution in [1.82, 2.24) is 20.3 Å². The van der Waals surface area contributed by atoms with Crippen molar-refractivity contribution in [3.8, 4) is 16.3 Å². The zero-order valence-corrected chi connectivity index (χ0v) is 18.7. The average molecular weight is 435 g/mol. The summed E-state index contributed by atoms with van der Waals surface area (Å²) in [5.74, 6) is 1.69. The first-order valence-corrected chi connectivity index (χ1v) is 11.3. The second kappa shape index (κ2) is 9.31. The fraction of sp³-hybridized carbons (Fsp3) is 0.292. The second-order valence-electron chi connectivity index (χ2n) is 7.68. The Bertz CT molecular complexity index is 1150. The Morgan fingerprint density at radius 2 is 1.90 bits per heavy atom. The highest BCUT2D eigenvalue weighted by Crippen LogP contribution is 2.32. The van der Waals surface area contributed by atoms with E-state index in [4.69, 9.17) is 4.74 Å². The molecule has 31 heavy (non-hydrogen) atoms. The zero-order valence-electron chi connectivity index (χ0n) is 17.9. The van der Waals surface area contributed by atoms with Crippen LogP contribution in [0.2, 0.25) is 0 Å². The summed E-state index contributed by atoms with van der Waals surface area (Å²) in [6.07, 6.45) is 0.219. The van der Waals surface area contributed by atoms with Gasteiger partial charge in [-0.15, -0.1) is 11.3 Å². The quantitative estimate of drug-likeness (QED) is 0.402. The Hall–Kier alpha value is -3.19. The van der Waals surface area contributed by atoms with Crippen molar-refractivity contribution >= 4 is 28.3 Å². The van der Waals surface area contributed by atoms with E-state index in [0.717, 1.165) is 38.9 Å². The second-order valence-corrected chi connectivity index (χ2v) is 8.54. The maximum Gasteiger partial charge on any atom is 0.226 e. The number of carbonyl (C=O) groups excluding carboxylic acids is 1. The van der Waals surface area contributed by atoms with E-state index in [0.29, 0.717) is 6.61 Å². The third kappa shape index (κ3) is 4.77. The molecule has 1 unspecified atom stereocenters. The molecule has 6 nitrogen and oxygen atoms in total. The summed E-state index contributed by atoms with van der Waals surface area (Å²) in [4.78, 5) is 25.5. The molecule has 0 bridgehead atoms. The number of H-pyrrole nitrogens is 1. The molecular weight excluding hydrogens is 408 g/mol. The molecule has 2 aromatic heterocycles. The van der Waals surface area contributed by atoms with E-state index in [-0.39, 0.29) is 24.3 Å². The molecule has 160 valence electrons. The monoisotopic (exact) mass is 434 g/mol. The normalized spacial score (nSPS) is 12.3. The molecule has 0 spiro atoms. The number of hydrogen-bond acceptors (Lipinski definition) is 5. The maximum absolute atomic E-state index is 12.8. The number of nitrogens with zero attached hydrogens (tertiary/aromatic N) is 2. The Morgan fingerprint density at radius 3 is 2.68 bits per heavy atom. The number of ether oxygens (including phenoxy) is 1. The molecule has 7 heteroatoms. The Morgan fingerprint density at radius 1 is 1.13 bits per heavy atom. The summed E-state index contributed by atoms with van der Waals surface area (Å²) in [7, 11) is 0. The fourth-order valence-electron chi connectivity index (χ4n) is 3.50. The number of aromatic amines is 1. The molecule has 0 fully saturated rings. The van der Waals surface area contributed by atoms with Gasteiger partial charge in [-0.1, -0.05) is 38.1 Å². The number of aromatic nitrogens is 3. The highest BCUT2D eigenvalue weighted by Gasteiger charge is 2.22. The van der Waals surface area contributed by atoms with Gasteiger partial charge in [0.15, 0.2) is 0 Å². The summed E-state index contributed by atoms with van der Waals surface area (Å²) in [5, 5.41) is 5.92. The minimum Gasteiger partial charge on any atom is -0.493 e. The van der Waals surface area contributed by atoms with Gasteiger partial charge in [0.2, 0.25) is 5.91 Å². The van der Waals surface area contributed by atoms with Crippen LogP contribution in [0.5, 0.6) is 5.75 Å². The SMILES string of the molecule is CCOc1ccccc1-c1nc(CC(=O)NC(c2nc3ccccc3[nH]2)C(C)C)cs1. The number of carbonyl (C=O) groups is 1. The molecule has 0 radical (unpaired) electrons. The van der Waals surface area contributed by atoms with Crippen molar-refractivity contribution in [2.45, 2.75) is 33.2 Å². The highest BCUT2D eigenvalue weighted by atomic mass is 32.1.